The number of hydrogen-bond donors (Lipinski definition) is 2. The third kappa shape index (κ3) is 2.98. The summed E-state index contributed by atoms with van der Waals surface area (Å²) in [5.74, 6) is 2.42. The van der Waals surface area contributed by atoms with Gasteiger partial charge in [-0.25, -0.2) is 0 Å². The van der Waals surface area contributed by atoms with Gasteiger partial charge in [-0.1, -0.05) is 26.7 Å². The predicted octanol–water partition coefficient (Wildman–Crippen LogP) is 2.56. The number of hydrogen-bond acceptors (Lipinski definition) is 2. The zero-order chi connectivity index (χ0) is 11.5. The minimum Gasteiger partial charge on any atom is -0.393 e. The van der Waals surface area contributed by atoms with Crippen molar-refractivity contribution in [3.05, 3.63) is 0 Å². The molecule has 2 unspecified atom stereocenters. The lowest BCUT2D eigenvalue weighted by Crippen LogP contribution is -2.45. The van der Waals surface area contributed by atoms with Crippen LogP contribution >= 0.6 is 0 Å². The Morgan fingerprint density at radius 2 is 1.88 bits per heavy atom. The van der Waals surface area contributed by atoms with Crippen LogP contribution in [0.4, 0.5) is 0 Å². The van der Waals surface area contributed by atoms with Crippen LogP contribution in [-0.2, 0) is 0 Å². The predicted molar refractivity (Wildman–Crippen MR) is 67.3 cm³/mol. The number of nitrogens with one attached hydrogen (secondary N) is 1. The highest BCUT2D eigenvalue weighted by Crippen LogP contribution is 2.31. The first-order chi connectivity index (χ1) is 7.66. The highest BCUT2D eigenvalue weighted by Gasteiger charge is 2.30. The fourth-order valence-electron chi connectivity index (χ4n) is 3.40. The highest BCUT2D eigenvalue weighted by atomic mass is 16.3. The van der Waals surface area contributed by atoms with Crippen LogP contribution in [0.5, 0.6) is 0 Å². The summed E-state index contributed by atoms with van der Waals surface area (Å²) in [6.45, 7) is 5.85. The lowest BCUT2D eigenvalue weighted by atomic mass is 9.77. The lowest BCUT2D eigenvalue weighted by molar-refractivity contribution is 0.0390. The van der Waals surface area contributed by atoms with E-state index in [4.69, 9.17) is 0 Å². The molecule has 2 aliphatic carbocycles. The molecule has 0 aliphatic heterocycles. The molecule has 2 atom stereocenters. The Hall–Kier alpha value is -0.0800. The van der Waals surface area contributed by atoms with Crippen molar-refractivity contribution in [3.63, 3.8) is 0 Å². The Balaban J connectivity index is 1.73. The zero-order valence-electron chi connectivity index (χ0n) is 10.8. The zero-order valence-corrected chi connectivity index (χ0v) is 10.8. The normalized spacial score (nSPS) is 39.8. The first-order valence-corrected chi connectivity index (χ1v) is 7.08. The minimum atomic E-state index is -0.000878. The van der Waals surface area contributed by atoms with Crippen LogP contribution < -0.4 is 5.32 Å². The molecule has 0 aromatic carbocycles. The number of aliphatic hydroxyl groups is 1. The minimum absolute atomic E-state index is 0.000878. The van der Waals surface area contributed by atoms with Gasteiger partial charge in [0.05, 0.1) is 6.10 Å². The first kappa shape index (κ1) is 12.4. The van der Waals surface area contributed by atoms with Gasteiger partial charge in [-0.3, -0.25) is 0 Å². The number of rotatable bonds is 4. The molecule has 2 nitrogen and oxygen atoms in total. The second-order valence-electron chi connectivity index (χ2n) is 6.20. The lowest BCUT2D eigenvalue weighted by Gasteiger charge is -2.38. The molecule has 0 saturated heterocycles. The molecule has 0 heterocycles. The van der Waals surface area contributed by atoms with Gasteiger partial charge in [0.1, 0.15) is 0 Å². The third-order valence-electron chi connectivity index (χ3n) is 4.56. The van der Waals surface area contributed by atoms with Crippen molar-refractivity contribution in [3.8, 4) is 0 Å². The van der Waals surface area contributed by atoms with Crippen LogP contribution in [0, 0.1) is 17.8 Å². The highest BCUT2D eigenvalue weighted by molar-refractivity contribution is 4.86. The molecule has 0 aromatic heterocycles. The van der Waals surface area contributed by atoms with Crippen molar-refractivity contribution in [2.45, 2.75) is 64.5 Å². The van der Waals surface area contributed by atoms with Crippen molar-refractivity contribution in [2.24, 2.45) is 17.8 Å². The molecular formula is C14H27NO. The average molecular weight is 225 g/mol. The Morgan fingerprint density at radius 3 is 2.50 bits per heavy atom. The first-order valence-electron chi connectivity index (χ1n) is 7.08. The van der Waals surface area contributed by atoms with Gasteiger partial charge < -0.3 is 10.4 Å². The molecule has 0 radical (unpaired) electrons. The van der Waals surface area contributed by atoms with E-state index in [1.807, 2.05) is 0 Å². The van der Waals surface area contributed by atoms with Crippen LogP contribution in [0.15, 0.2) is 0 Å². The standard InChI is InChI=1S/C14H27NO/c1-10(2)13-5-3-4-6-14(13)15-9-11-7-12(16)8-11/h10-16H,3-9H2,1-2H3. The monoisotopic (exact) mass is 225 g/mol. The molecule has 2 aliphatic rings. The van der Waals surface area contributed by atoms with Crippen LogP contribution in [0.25, 0.3) is 0 Å². The summed E-state index contributed by atoms with van der Waals surface area (Å²) in [5.41, 5.74) is 0. The summed E-state index contributed by atoms with van der Waals surface area (Å²) in [6.07, 6.45) is 7.62. The van der Waals surface area contributed by atoms with E-state index in [1.54, 1.807) is 0 Å². The van der Waals surface area contributed by atoms with E-state index in [0.717, 1.165) is 43.2 Å². The Kier molecular flexibility index (Phi) is 4.26. The Labute approximate surface area is 99.8 Å². The van der Waals surface area contributed by atoms with Crippen LogP contribution in [0.1, 0.15) is 52.4 Å². The maximum atomic E-state index is 9.27. The SMILES string of the molecule is CC(C)C1CCCCC1NCC1CC(O)C1. The van der Waals surface area contributed by atoms with Crippen molar-refractivity contribution in [1.29, 1.82) is 0 Å². The molecule has 0 aromatic rings. The fourth-order valence-corrected chi connectivity index (χ4v) is 3.40. The van der Waals surface area contributed by atoms with Crippen LogP contribution in [-0.4, -0.2) is 23.8 Å². The molecule has 2 fully saturated rings. The van der Waals surface area contributed by atoms with E-state index in [-0.39, 0.29) is 6.10 Å². The second kappa shape index (κ2) is 5.50. The molecule has 16 heavy (non-hydrogen) atoms. The van der Waals surface area contributed by atoms with Gasteiger partial charge in [0, 0.05) is 6.04 Å². The summed E-state index contributed by atoms with van der Waals surface area (Å²) in [5, 5.41) is 13.0. The molecule has 94 valence electrons. The molecule has 0 bridgehead atoms. The fraction of sp³-hybridized carbons (Fsp3) is 1.00. The van der Waals surface area contributed by atoms with Crippen LogP contribution in [0.3, 0.4) is 0 Å². The molecule has 2 rings (SSSR count). The molecule has 0 amide bonds. The van der Waals surface area contributed by atoms with Crippen molar-refractivity contribution in [2.75, 3.05) is 6.54 Å². The van der Waals surface area contributed by atoms with Gasteiger partial charge in [-0.2, -0.15) is 0 Å². The summed E-state index contributed by atoms with van der Waals surface area (Å²) < 4.78 is 0. The Morgan fingerprint density at radius 1 is 1.19 bits per heavy atom. The molecular weight excluding hydrogens is 198 g/mol. The quantitative estimate of drug-likeness (QED) is 0.770. The summed E-state index contributed by atoms with van der Waals surface area (Å²) in [7, 11) is 0. The Bertz CT molecular complexity index is 211. The van der Waals surface area contributed by atoms with E-state index in [9.17, 15) is 5.11 Å². The summed E-state index contributed by atoms with van der Waals surface area (Å²) in [6, 6.07) is 0.742. The number of aliphatic hydroxyl groups excluding tert-OH is 1. The molecule has 0 spiro atoms. The maximum absolute atomic E-state index is 9.27. The van der Waals surface area contributed by atoms with Gasteiger partial charge in [-0.05, 0) is 50.0 Å². The van der Waals surface area contributed by atoms with Crippen molar-refractivity contribution < 1.29 is 5.11 Å². The molecule has 2 N–H and O–H groups in total. The molecule has 2 saturated carbocycles. The van der Waals surface area contributed by atoms with E-state index in [0.29, 0.717) is 0 Å². The third-order valence-corrected chi connectivity index (χ3v) is 4.56. The smallest absolute Gasteiger partial charge is 0.0546 e. The molecule has 2 heteroatoms. The van der Waals surface area contributed by atoms with Gasteiger partial charge in [-0.15, -0.1) is 0 Å². The van der Waals surface area contributed by atoms with E-state index < -0.39 is 0 Å². The van der Waals surface area contributed by atoms with Crippen LogP contribution in [0.2, 0.25) is 0 Å². The van der Waals surface area contributed by atoms with Gasteiger partial charge in [0.25, 0.3) is 0 Å². The van der Waals surface area contributed by atoms with Crippen molar-refractivity contribution >= 4 is 0 Å². The largest absolute Gasteiger partial charge is 0.393 e. The van der Waals surface area contributed by atoms with Gasteiger partial charge >= 0.3 is 0 Å². The maximum Gasteiger partial charge on any atom is 0.0546 e. The van der Waals surface area contributed by atoms with E-state index in [1.165, 1.54) is 25.7 Å². The topological polar surface area (TPSA) is 32.3 Å². The van der Waals surface area contributed by atoms with Gasteiger partial charge in [0.15, 0.2) is 0 Å². The average Bonchev–Trinajstić information content (AvgIpc) is 2.23. The summed E-state index contributed by atoms with van der Waals surface area (Å²) in [4.78, 5) is 0. The van der Waals surface area contributed by atoms with Gasteiger partial charge in [0.2, 0.25) is 0 Å². The summed E-state index contributed by atoms with van der Waals surface area (Å²) >= 11 is 0. The second-order valence-corrected chi connectivity index (χ2v) is 6.20. The van der Waals surface area contributed by atoms with E-state index >= 15 is 0 Å². The van der Waals surface area contributed by atoms with Crippen molar-refractivity contribution in [1.82, 2.24) is 5.32 Å². The van der Waals surface area contributed by atoms with E-state index in [2.05, 4.69) is 19.2 Å².